The largest absolute Gasteiger partial charge is 0.463 e. The molecule has 0 N–H and O–H groups in total. The van der Waals surface area contributed by atoms with Crippen LogP contribution in [0.15, 0.2) is 54.7 Å². The summed E-state index contributed by atoms with van der Waals surface area (Å²) >= 11 is 0. The molecule has 4 aliphatic rings. The van der Waals surface area contributed by atoms with E-state index < -0.39 is 11.6 Å². The second kappa shape index (κ2) is 26.3. The maximum absolute atomic E-state index is 16.9. The molecular formula is C62H82F2N8O4. The van der Waals surface area contributed by atoms with Crippen molar-refractivity contribution in [2.45, 2.75) is 106 Å². The van der Waals surface area contributed by atoms with Gasteiger partial charge in [-0.05, 0) is 113 Å². The van der Waals surface area contributed by atoms with Gasteiger partial charge in [-0.3, -0.25) is 14.7 Å². The van der Waals surface area contributed by atoms with Crippen molar-refractivity contribution in [1.82, 2.24) is 24.8 Å². The number of terminal acetylenes is 1. The van der Waals surface area contributed by atoms with Gasteiger partial charge in [-0.1, -0.05) is 70.9 Å². The minimum Gasteiger partial charge on any atom is -0.463 e. The summed E-state index contributed by atoms with van der Waals surface area (Å²) in [6.45, 7) is 24.3. The highest BCUT2D eigenvalue weighted by Gasteiger charge is 2.45. The van der Waals surface area contributed by atoms with Gasteiger partial charge in [0.1, 0.15) is 40.7 Å². The van der Waals surface area contributed by atoms with E-state index in [1.165, 1.54) is 42.4 Å². The molecule has 9 rings (SSSR count). The fourth-order valence-electron chi connectivity index (χ4n) is 11.1. The van der Waals surface area contributed by atoms with Gasteiger partial charge in [0.05, 0.1) is 17.6 Å². The van der Waals surface area contributed by atoms with Gasteiger partial charge in [0, 0.05) is 125 Å². The lowest BCUT2D eigenvalue weighted by atomic mass is 9.92. The van der Waals surface area contributed by atoms with Crippen LogP contribution in [-0.4, -0.2) is 129 Å². The Hall–Kier alpha value is -6.04. The maximum Gasteiger partial charge on any atom is 0.319 e. The maximum atomic E-state index is 16.9. The summed E-state index contributed by atoms with van der Waals surface area (Å²) in [5.41, 5.74) is 4.71. The number of anilines is 3. The van der Waals surface area contributed by atoms with Gasteiger partial charge < -0.3 is 33.9 Å². The first-order valence-corrected chi connectivity index (χ1v) is 27.8. The van der Waals surface area contributed by atoms with Crippen LogP contribution in [0.25, 0.3) is 32.9 Å². The number of ketones is 2. The smallest absolute Gasteiger partial charge is 0.319 e. The number of hydrogen-bond acceptors (Lipinski definition) is 12. The lowest BCUT2D eigenvalue weighted by molar-refractivity contribution is -0.125. The number of rotatable bonds is 17. The first-order valence-electron chi connectivity index (χ1n) is 27.8. The van der Waals surface area contributed by atoms with Crippen molar-refractivity contribution in [2.75, 3.05) is 101 Å². The summed E-state index contributed by atoms with van der Waals surface area (Å²) in [5, 5.41) is 1.71. The molecule has 4 fully saturated rings. The van der Waals surface area contributed by atoms with E-state index in [4.69, 9.17) is 21.1 Å². The Morgan fingerprint density at radius 1 is 0.947 bits per heavy atom. The SMILES string of the molecule is C#Cc1c(F)ccc2cccc(-c3ncc4c(N5CCCC(C)C5)nc(OCC5(CN6CCC(CN7CCN(c8ccc(C)c(N(C)C)c8)CC7)CC6)CC5)nc4c3F)c12.CC(=O)CCC(C)C(=O)C(C)C.CCC=O. The minimum absolute atomic E-state index is 0.0360. The Bertz CT molecular complexity index is 2850. The highest BCUT2D eigenvalue weighted by Crippen LogP contribution is 2.47. The first-order chi connectivity index (χ1) is 36.4. The van der Waals surface area contributed by atoms with Crippen LogP contribution in [0.2, 0.25) is 0 Å². The number of benzene rings is 3. The summed E-state index contributed by atoms with van der Waals surface area (Å²) in [5.74, 6) is 3.75. The zero-order valence-corrected chi connectivity index (χ0v) is 46.8. The van der Waals surface area contributed by atoms with Crippen LogP contribution >= 0.6 is 0 Å². The Morgan fingerprint density at radius 3 is 2.30 bits per heavy atom. The molecule has 12 nitrogen and oxygen atoms in total. The van der Waals surface area contributed by atoms with E-state index in [-0.39, 0.29) is 51.6 Å². The number of likely N-dealkylation sites (tertiary alicyclic amines) is 1. The molecule has 2 aromatic heterocycles. The number of carbonyl (C=O) groups is 3. The molecule has 0 spiro atoms. The number of fused-ring (bicyclic) bond motifs is 2. The van der Waals surface area contributed by atoms with Crippen LogP contribution in [-0.2, 0) is 14.4 Å². The summed E-state index contributed by atoms with van der Waals surface area (Å²) in [7, 11) is 4.24. The number of aromatic nitrogens is 3. The highest BCUT2D eigenvalue weighted by atomic mass is 19.1. The van der Waals surface area contributed by atoms with Crippen molar-refractivity contribution >= 4 is 56.7 Å². The number of piperidine rings is 2. The monoisotopic (exact) mass is 1040 g/mol. The van der Waals surface area contributed by atoms with E-state index >= 15 is 4.39 Å². The zero-order chi connectivity index (χ0) is 54.7. The molecule has 1 saturated carbocycles. The second-order valence-corrected chi connectivity index (χ2v) is 22.6. The number of carbonyl (C=O) groups excluding carboxylic acids is 3. The third kappa shape index (κ3) is 14.5. The predicted octanol–water partition coefficient (Wildman–Crippen LogP) is 11.2. The lowest BCUT2D eigenvalue weighted by Crippen LogP contribution is -2.49. The summed E-state index contributed by atoms with van der Waals surface area (Å²) in [4.78, 5) is 57.7. The molecule has 3 aliphatic heterocycles. The number of aldehydes is 1. The van der Waals surface area contributed by atoms with Gasteiger partial charge in [-0.2, -0.15) is 9.97 Å². The van der Waals surface area contributed by atoms with Crippen LogP contribution in [0.3, 0.4) is 0 Å². The van der Waals surface area contributed by atoms with Gasteiger partial charge in [0.15, 0.2) is 5.82 Å². The molecule has 0 radical (unpaired) electrons. The van der Waals surface area contributed by atoms with E-state index in [1.54, 1.807) is 25.3 Å². The van der Waals surface area contributed by atoms with E-state index in [0.717, 1.165) is 96.8 Å². The first kappa shape index (κ1) is 57.7. The zero-order valence-electron chi connectivity index (χ0n) is 46.8. The number of Topliss-reactive ketones (excluding diaryl/α,β-unsaturated/α-hetero) is 2. The topological polar surface area (TPSA) is 115 Å². The van der Waals surface area contributed by atoms with Crippen LogP contribution in [0.4, 0.5) is 26.0 Å². The molecule has 14 heteroatoms. The third-order valence-electron chi connectivity index (χ3n) is 15.8. The normalized spacial score (nSPS) is 18.3. The Morgan fingerprint density at radius 2 is 1.67 bits per heavy atom. The van der Waals surface area contributed by atoms with Gasteiger partial charge in [0.2, 0.25) is 0 Å². The van der Waals surface area contributed by atoms with Crippen LogP contribution in [0.5, 0.6) is 6.01 Å². The van der Waals surface area contributed by atoms with Crippen molar-refractivity contribution in [1.29, 1.82) is 0 Å². The van der Waals surface area contributed by atoms with Crippen molar-refractivity contribution < 1.29 is 27.9 Å². The van der Waals surface area contributed by atoms with Crippen molar-refractivity contribution in [2.24, 2.45) is 29.1 Å². The van der Waals surface area contributed by atoms with E-state index in [1.807, 2.05) is 39.8 Å². The third-order valence-corrected chi connectivity index (χ3v) is 15.8. The summed E-state index contributed by atoms with van der Waals surface area (Å²) in [6, 6.07) is 15.4. The van der Waals surface area contributed by atoms with E-state index in [0.29, 0.717) is 59.3 Å². The molecule has 2 unspecified atom stereocenters. The number of hydrogen-bond donors (Lipinski definition) is 0. The fourth-order valence-corrected chi connectivity index (χ4v) is 11.1. The second-order valence-electron chi connectivity index (χ2n) is 22.6. The molecule has 0 amide bonds. The lowest BCUT2D eigenvalue weighted by Gasteiger charge is -2.40. The van der Waals surface area contributed by atoms with Crippen molar-refractivity contribution in [3.05, 3.63) is 77.5 Å². The number of nitrogens with zero attached hydrogens (tertiary/aromatic N) is 8. The average Bonchev–Trinajstić information content (AvgIpc) is 4.21. The summed E-state index contributed by atoms with van der Waals surface area (Å²) in [6.07, 6.45) is 17.0. The van der Waals surface area contributed by atoms with E-state index in [2.05, 4.69) is 81.5 Å². The van der Waals surface area contributed by atoms with Crippen LogP contribution in [0.1, 0.15) is 110 Å². The standard InChI is InChI=1S/C49H58F2N8O.C10H18O2.C3H6O/c1-6-38-41(50)15-13-36-10-7-11-39(43(36)38)45-44(51)46-40(28-52-45)47(59-20-8-9-33(2)29-59)54-48(53-46)60-32-49(18-19-49)31-57-21-16-35(17-22-57)30-56-23-25-58(26-24-56)37-14-12-34(3)42(27-37)55(4)5;1-7(2)10(12)8(3)5-6-9(4)11;1-2-3-4/h1,7,10-15,27-28,33,35H,8-9,16-26,29-32H2,2-5H3;7-8H,5-6H2,1-4H3;3H,2H2,1H3. The number of ether oxygens (including phenoxy) is 1. The Labute approximate surface area is 451 Å². The fraction of sp³-hybridized carbons (Fsp3) is 0.548. The highest BCUT2D eigenvalue weighted by molar-refractivity contribution is 6.02. The molecule has 3 saturated heterocycles. The molecule has 1 aliphatic carbocycles. The molecule has 408 valence electrons. The van der Waals surface area contributed by atoms with Gasteiger partial charge in [-0.15, -0.1) is 6.42 Å². The quantitative estimate of drug-likeness (QED) is 0.0652. The van der Waals surface area contributed by atoms with Gasteiger partial charge >= 0.3 is 6.01 Å². The van der Waals surface area contributed by atoms with Crippen LogP contribution < -0.4 is 19.4 Å². The summed E-state index contributed by atoms with van der Waals surface area (Å²) < 4.78 is 38.4. The number of piperazine rings is 1. The Kier molecular flexibility index (Phi) is 20.0. The molecule has 2 atom stereocenters. The van der Waals surface area contributed by atoms with Crippen molar-refractivity contribution in [3.63, 3.8) is 0 Å². The molecule has 76 heavy (non-hydrogen) atoms. The average molecular weight is 1040 g/mol. The van der Waals surface area contributed by atoms with Gasteiger partial charge in [-0.25, -0.2) is 8.78 Å². The minimum atomic E-state index is -0.596. The molecule has 5 aromatic rings. The number of aryl methyl sites for hydroxylation is 1. The predicted molar refractivity (Wildman–Crippen MR) is 305 cm³/mol. The van der Waals surface area contributed by atoms with Crippen molar-refractivity contribution in [3.8, 4) is 29.6 Å². The van der Waals surface area contributed by atoms with Crippen LogP contribution in [0, 0.1) is 60.0 Å². The molecule has 5 heterocycles. The number of pyridine rings is 1. The molecule has 0 bridgehead atoms. The molecular weight excluding hydrogens is 959 g/mol. The molecule has 3 aromatic carbocycles. The number of halogens is 2. The van der Waals surface area contributed by atoms with E-state index in [9.17, 15) is 18.8 Å². The Balaban J connectivity index is 0.000000458. The van der Waals surface area contributed by atoms with Gasteiger partial charge in [0.25, 0.3) is 0 Å².